The van der Waals surface area contributed by atoms with Crippen LogP contribution in [0.1, 0.15) is 47.0 Å². The van der Waals surface area contributed by atoms with Crippen LogP contribution in [0.5, 0.6) is 0 Å². The Kier molecular flexibility index (Phi) is 2.19. The van der Waals surface area contributed by atoms with Gasteiger partial charge < -0.3 is 9.84 Å². The van der Waals surface area contributed by atoms with Crippen molar-refractivity contribution in [3.05, 3.63) is 22.8 Å². The number of rotatable bonds is 0. The largest absolute Gasteiger partial charge is 0.359 e. The molecule has 0 aromatic carbocycles. The molecule has 17 heavy (non-hydrogen) atoms. The molecular weight excluding hydrogens is 212 g/mol. The molecule has 2 heterocycles. The first-order valence-corrected chi connectivity index (χ1v) is 6.68. The molecule has 1 saturated heterocycles. The van der Waals surface area contributed by atoms with Crippen molar-refractivity contribution in [2.24, 2.45) is 11.8 Å². The number of aliphatic hydroxyl groups is 1. The third-order valence-electron chi connectivity index (χ3n) is 5.12. The molecule has 1 saturated carbocycles. The van der Waals surface area contributed by atoms with Crippen LogP contribution in [0.3, 0.4) is 0 Å². The third kappa shape index (κ3) is 1.28. The number of allylic oxidation sites excluding steroid dienone is 1. The van der Waals surface area contributed by atoms with E-state index in [1.165, 1.54) is 24.0 Å². The molecule has 0 unspecified atom stereocenters. The fourth-order valence-electron chi connectivity index (χ4n) is 4.18. The summed E-state index contributed by atoms with van der Waals surface area (Å²) in [6, 6.07) is 0. The Morgan fingerprint density at radius 3 is 2.76 bits per heavy atom. The molecule has 3 rings (SSSR count). The van der Waals surface area contributed by atoms with E-state index in [1.54, 1.807) is 0 Å². The minimum absolute atomic E-state index is 0.125. The first-order chi connectivity index (χ1) is 7.89. The van der Waals surface area contributed by atoms with Gasteiger partial charge in [-0.25, -0.2) is 0 Å². The number of ether oxygens (including phenoxy) is 1. The van der Waals surface area contributed by atoms with E-state index in [0.717, 1.165) is 12.0 Å². The van der Waals surface area contributed by atoms with Gasteiger partial charge in [0.15, 0.2) is 0 Å². The van der Waals surface area contributed by atoms with Crippen LogP contribution in [0.15, 0.2) is 22.8 Å². The zero-order chi connectivity index (χ0) is 12.4. The minimum atomic E-state index is -1.11. The van der Waals surface area contributed by atoms with Crippen LogP contribution in [-0.4, -0.2) is 16.5 Å². The van der Waals surface area contributed by atoms with Crippen LogP contribution in [0.2, 0.25) is 0 Å². The molecule has 2 bridgehead atoms. The van der Waals surface area contributed by atoms with E-state index in [2.05, 4.69) is 27.7 Å². The first kappa shape index (κ1) is 11.5. The molecule has 1 spiro atoms. The van der Waals surface area contributed by atoms with Crippen LogP contribution >= 0.6 is 0 Å². The predicted molar refractivity (Wildman–Crippen MR) is 67.4 cm³/mol. The molecule has 94 valence electrons. The summed E-state index contributed by atoms with van der Waals surface area (Å²) in [4.78, 5) is 0. The van der Waals surface area contributed by atoms with Crippen molar-refractivity contribution in [3.8, 4) is 0 Å². The first-order valence-electron chi connectivity index (χ1n) is 6.68. The molecular formula is C15H22O2. The molecule has 0 radical (unpaired) electrons. The lowest BCUT2D eigenvalue weighted by Crippen LogP contribution is -2.45. The van der Waals surface area contributed by atoms with Crippen molar-refractivity contribution in [2.75, 3.05) is 0 Å². The van der Waals surface area contributed by atoms with Crippen LogP contribution in [0, 0.1) is 11.8 Å². The van der Waals surface area contributed by atoms with Crippen molar-refractivity contribution in [3.63, 3.8) is 0 Å². The Hall–Kier alpha value is -0.600. The number of hydrogen-bond acceptors (Lipinski definition) is 2. The third-order valence-corrected chi connectivity index (χ3v) is 5.12. The zero-order valence-electron chi connectivity index (χ0n) is 11.2. The Labute approximate surface area is 103 Å². The lowest BCUT2D eigenvalue weighted by molar-refractivity contribution is -0.209. The normalized spacial score (nSPS) is 48.1. The van der Waals surface area contributed by atoms with Gasteiger partial charge in [0.1, 0.15) is 0 Å². The molecule has 0 aromatic rings. The summed E-state index contributed by atoms with van der Waals surface area (Å²) in [5.41, 5.74) is 3.49. The average molecular weight is 234 g/mol. The highest BCUT2D eigenvalue weighted by Crippen LogP contribution is 2.60. The van der Waals surface area contributed by atoms with E-state index in [4.69, 9.17) is 4.74 Å². The van der Waals surface area contributed by atoms with Gasteiger partial charge >= 0.3 is 0 Å². The maximum absolute atomic E-state index is 10.7. The van der Waals surface area contributed by atoms with Gasteiger partial charge in [-0.05, 0) is 51.2 Å². The fourth-order valence-corrected chi connectivity index (χ4v) is 4.18. The molecule has 4 atom stereocenters. The summed E-state index contributed by atoms with van der Waals surface area (Å²) in [6.07, 6.45) is 5.27. The topological polar surface area (TPSA) is 29.5 Å². The molecule has 2 nitrogen and oxygen atoms in total. The van der Waals surface area contributed by atoms with Crippen LogP contribution < -0.4 is 0 Å². The molecule has 2 aliphatic heterocycles. The van der Waals surface area contributed by atoms with E-state index in [0.29, 0.717) is 11.8 Å². The van der Waals surface area contributed by atoms with Gasteiger partial charge in [-0.1, -0.05) is 18.1 Å². The molecule has 0 amide bonds. The van der Waals surface area contributed by atoms with Crippen LogP contribution in [-0.2, 0) is 4.74 Å². The van der Waals surface area contributed by atoms with Gasteiger partial charge in [0.05, 0.1) is 5.60 Å². The fraction of sp³-hybridized carbons (Fsp3) is 0.733. The zero-order valence-corrected chi connectivity index (χ0v) is 11.2. The predicted octanol–water partition coefficient (Wildman–Crippen LogP) is 3.18. The monoisotopic (exact) mass is 234 g/mol. The van der Waals surface area contributed by atoms with E-state index in [9.17, 15) is 5.11 Å². The molecule has 3 aliphatic rings. The highest BCUT2D eigenvalue weighted by molar-refractivity contribution is 5.40. The average Bonchev–Trinajstić information content (AvgIpc) is 2.65. The van der Waals surface area contributed by atoms with E-state index < -0.39 is 5.79 Å². The summed E-state index contributed by atoms with van der Waals surface area (Å²) in [5.74, 6) is -0.0629. The van der Waals surface area contributed by atoms with Crippen LogP contribution in [0.4, 0.5) is 0 Å². The number of hydrogen-bond donors (Lipinski definition) is 1. The van der Waals surface area contributed by atoms with Crippen molar-refractivity contribution in [1.29, 1.82) is 0 Å². The molecule has 1 aliphatic carbocycles. The summed E-state index contributed by atoms with van der Waals surface area (Å²) in [6.45, 7) is 8.57. The van der Waals surface area contributed by atoms with Gasteiger partial charge in [0.25, 0.3) is 0 Å². The lowest BCUT2D eigenvalue weighted by atomic mass is 9.79. The Morgan fingerprint density at radius 2 is 2.12 bits per heavy atom. The molecule has 0 aromatic heterocycles. The van der Waals surface area contributed by atoms with Gasteiger partial charge in [0.2, 0.25) is 5.79 Å². The van der Waals surface area contributed by atoms with Crippen molar-refractivity contribution in [1.82, 2.24) is 0 Å². The molecule has 2 fully saturated rings. The number of fused-ring (bicyclic) bond motifs is 1. The standard InChI is InChI=1S/C15H22O2/c1-9(2)13-8-14-11(4)5-6-12(14)10(3)7-15(13,16)17-14/h7,11-12,16H,5-6,8H2,1-4H3/t11-,12+,14-,15+/m1/s1. The summed E-state index contributed by atoms with van der Waals surface area (Å²) in [7, 11) is 0. The van der Waals surface area contributed by atoms with Crippen molar-refractivity contribution in [2.45, 2.75) is 58.3 Å². The van der Waals surface area contributed by atoms with Gasteiger partial charge in [-0.3, -0.25) is 0 Å². The second-order valence-electron chi connectivity index (χ2n) is 6.33. The van der Waals surface area contributed by atoms with Gasteiger partial charge in [-0.15, -0.1) is 0 Å². The van der Waals surface area contributed by atoms with E-state index >= 15 is 0 Å². The smallest absolute Gasteiger partial charge is 0.209 e. The summed E-state index contributed by atoms with van der Waals surface area (Å²) in [5, 5.41) is 10.7. The Morgan fingerprint density at radius 1 is 1.41 bits per heavy atom. The van der Waals surface area contributed by atoms with Gasteiger partial charge in [0, 0.05) is 12.3 Å². The second kappa shape index (κ2) is 3.24. The molecule has 1 N–H and O–H groups in total. The maximum Gasteiger partial charge on any atom is 0.209 e. The summed E-state index contributed by atoms with van der Waals surface area (Å²) >= 11 is 0. The Balaban J connectivity index is 2.18. The van der Waals surface area contributed by atoms with Crippen LogP contribution in [0.25, 0.3) is 0 Å². The molecule has 2 heteroatoms. The maximum atomic E-state index is 10.7. The van der Waals surface area contributed by atoms with E-state index in [1.807, 2.05) is 6.08 Å². The second-order valence-corrected chi connectivity index (χ2v) is 6.33. The Bertz CT molecular complexity index is 430. The van der Waals surface area contributed by atoms with Gasteiger partial charge in [-0.2, -0.15) is 0 Å². The van der Waals surface area contributed by atoms with E-state index in [-0.39, 0.29) is 5.60 Å². The van der Waals surface area contributed by atoms with Crippen molar-refractivity contribution >= 4 is 0 Å². The minimum Gasteiger partial charge on any atom is -0.359 e. The van der Waals surface area contributed by atoms with Crippen molar-refractivity contribution < 1.29 is 9.84 Å². The SMILES string of the molecule is CC1=C[C@]2(O)O[C@]3(CC2=C(C)C)[C@H](C)CC[C@@H]13. The highest BCUT2D eigenvalue weighted by atomic mass is 16.6. The lowest BCUT2D eigenvalue weighted by Gasteiger charge is -2.40. The highest BCUT2D eigenvalue weighted by Gasteiger charge is 2.62. The quantitative estimate of drug-likeness (QED) is 0.652. The summed E-state index contributed by atoms with van der Waals surface area (Å²) < 4.78 is 6.17.